The highest BCUT2D eigenvalue weighted by Gasteiger charge is 2.33. The number of rotatable bonds is 5. The Balaban J connectivity index is 2.45. The third kappa shape index (κ3) is 2.93. The van der Waals surface area contributed by atoms with Gasteiger partial charge in [-0.2, -0.15) is 0 Å². The molecule has 0 unspecified atom stereocenters. The molecule has 0 saturated heterocycles. The second-order valence-corrected chi connectivity index (χ2v) is 5.83. The predicted molar refractivity (Wildman–Crippen MR) is 82.5 cm³/mol. The topological polar surface area (TPSA) is 44.5 Å². The van der Waals surface area contributed by atoms with Gasteiger partial charge in [0.2, 0.25) is 0 Å². The molecule has 3 nitrogen and oxygen atoms in total. The molecule has 0 radical (unpaired) electrons. The molecule has 1 saturated carbocycles. The Morgan fingerprint density at radius 2 is 1.70 bits per heavy atom. The van der Waals surface area contributed by atoms with Crippen molar-refractivity contribution in [1.82, 2.24) is 0 Å². The summed E-state index contributed by atoms with van der Waals surface area (Å²) in [5.41, 5.74) is 8.72. The van der Waals surface area contributed by atoms with Crippen molar-refractivity contribution in [1.29, 1.82) is 0 Å². The third-order valence-electron chi connectivity index (χ3n) is 4.40. The molecule has 20 heavy (non-hydrogen) atoms. The van der Waals surface area contributed by atoms with E-state index in [0.717, 1.165) is 42.7 Å². The Morgan fingerprint density at radius 3 is 2.25 bits per heavy atom. The number of nitrogens with two attached hydrogens (primary N) is 1. The Kier molecular flexibility index (Phi) is 4.92. The maximum Gasteiger partial charge on any atom is 0.124 e. The van der Waals surface area contributed by atoms with E-state index in [1.165, 1.54) is 24.8 Å². The predicted octanol–water partition coefficient (Wildman–Crippen LogP) is 3.77. The Bertz CT molecular complexity index is 451. The van der Waals surface area contributed by atoms with Gasteiger partial charge in [0.1, 0.15) is 11.5 Å². The molecule has 0 bridgehead atoms. The van der Waals surface area contributed by atoms with E-state index in [4.69, 9.17) is 15.2 Å². The largest absolute Gasteiger partial charge is 0.496 e. The fourth-order valence-electron chi connectivity index (χ4n) is 3.27. The number of hydrogen-bond acceptors (Lipinski definition) is 3. The van der Waals surface area contributed by atoms with Crippen LogP contribution in [0.25, 0.3) is 0 Å². The summed E-state index contributed by atoms with van der Waals surface area (Å²) >= 11 is 0. The van der Waals surface area contributed by atoms with Crippen molar-refractivity contribution in [2.24, 2.45) is 5.73 Å². The van der Waals surface area contributed by atoms with Crippen LogP contribution >= 0.6 is 0 Å². The minimum atomic E-state index is -0.262. The lowest BCUT2D eigenvalue weighted by atomic mass is 9.76. The summed E-state index contributed by atoms with van der Waals surface area (Å²) in [5, 5.41) is 0. The molecular formula is C17H27NO2. The lowest BCUT2D eigenvalue weighted by molar-refractivity contribution is 0.287. The van der Waals surface area contributed by atoms with Crippen molar-refractivity contribution < 1.29 is 9.47 Å². The van der Waals surface area contributed by atoms with Crippen molar-refractivity contribution in [2.75, 3.05) is 14.2 Å². The molecule has 0 atom stereocenters. The average Bonchev–Trinajstić information content (AvgIpc) is 2.47. The number of methoxy groups -OCH3 is 2. The number of benzene rings is 1. The lowest BCUT2D eigenvalue weighted by Crippen LogP contribution is -2.39. The van der Waals surface area contributed by atoms with Gasteiger partial charge in [-0.25, -0.2) is 0 Å². The molecule has 112 valence electrons. The maximum absolute atomic E-state index is 6.67. The summed E-state index contributed by atoms with van der Waals surface area (Å²) in [7, 11) is 3.46. The second kappa shape index (κ2) is 6.49. The highest BCUT2D eigenvalue weighted by molar-refractivity contribution is 5.49. The first-order valence-electron chi connectivity index (χ1n) is 7.69. The second-order valence-electron chi connectivity index (χ2n) is 5.83. The molecule has 2 rings (SSSR count). The van der Waals surface area contributed by atoms with Gasteiger partial charge < -0.3 is 15.2 Å². The van der Waals surface area contributed by atoms with Crippen LogP contribution in [0.5, 0.6) is 11.5 Å². The quantitative estimate of drug-likeness (QED) is 0.891. The number of ether oxygens (including phenoxy) is 2. The van der Waals surface area contributed by atoms with Crippen molar-refractivity contribution in [3.8, 4) is 11.5 Å². The molecule has 2 N–H and O–H groups in total. The van der Waals surface area contributed by atoms with Gasteiger partial charge in [-0.05, 0) is 37.0 Å². The zero-order valence-corrected chi connectivity index (χ0v) is 13.0. The van der Waals surface area contributed by atoms with Crippen LogP contribution in [-0.2, 0) is 12.0 Å². The third-order valence-corrected chi connectivity index (χ3v) is 4.40. The Labute approximate surface area is 122 Å². The molecule has 3 heteroatoms. The van der Waals surface area contributed by atoms with Crippen LogP contribution in [0.3, 0.4) is 0 Å². The molecule has 1 aliphatic rings. The van der Waals surface area contributed by atoms with Crippen molar-refractivity contribution >= 4 is 0 Å². The Hall–Kier alpha value is -1.22. The molecule has 1 aliphatic carbocycles. The molecule has 0 aromatic heterocycles. The highest BCUT2D eigenvalue weighted by atomic mass is 16.5. The average molecular weight is 277 g/mol. The molecule has 1 fully saturated rings. The minimum Gasteiger partial charge on any atom is -0.496 e. The minimum absolute atomic E-state index is 0.262. The van der Waals surface area contributed by atoms with Gasteiger partial charge in [-0.3, -0.25) is 0 Å². The van der Waals surface area contributed by atoms with Crippen LogP contribution in [0, 0.1) is 0 Å². The summed E-state index contributed by atoms with van der Waals surface area (Å²) in [4.78, 5) is 0. The van der Waals surface area contributed by atoms with Gasteiger partial charge in [0.25, 0.3) is 0 Å². The fourth-order valence-corrected chi connectivity index (χ4v) is 3.27. The smallest absolute Gasteiger partial charge is 0.124 e. The van der Waals surface area contributed by atoms with Crippen LogP contribution in [0.15, 0.2) is 12.1 Å². The van der Waals surface area contributed by atoms with E-state index in [-0.39, 0.29) is 5.54 Å². The van der Waals surface area contributed by atoms with E-state index in [0.29, 0.717) is 0 Å². The van der Waals surface area contributed by atoms with Crippen molar-refractivity contribution in [3.05, 3.63) is 23.3 Å². The van der Waals surface area contributed by atoms with Gasteiger partial charge in [0.05, 0.1) is 14.2 Å². The van der Waals surface area contributed by atoms with Gasteiger partial charge in [0, 0.05) is 11.1 Å². The standard InChI is InChI=1S/C17H27NO2/c1-4-8-13-11-16(20-3)14(12-15(13)19-2)17(18)9-6-5-7-10-17/h11-12H,4-10,18H2,1-3H3. The number of aryl methyl sites for hydroxylation is 1. The monoisotopic (exact) mass is 277 g/mol. The zero-order chi connectivity index (χ0) is 14.6. The van der Waals surface area contributed by atoms with Crippen LogP contribution in [0.2, 0.25) is 0 Å². The summed E-state index contributed by atoms with van der Waals surface area (Å²) in [6.45, 7) is 2.17. The van der Waals surface area contributed by atoms with Gasteiger partial charge in [-0.15, -0.1) is 0 Å². The van der Waals surface area contributed by atoms with Crippen LogP contribution < -0.4 is 15.2 Å². The summed E-state index contributed by atoms with van der Waals surface area (Å²) in [5.74, 6) is 1.86. The first-order valence-corrected chi connectivity index (χ1v) is 7.69. The molecule has 0 amide bonds. The summed E-state index contributed by atoms with van der Waals surface area (Å²) in [6, 6.07) is 4.22. The molecule has 0 aliphatic heterocycles. The van der Waals surface area contributed by atoms with Crippen molar-refractivity contribution in [2.45, 2.75) is 57.4 Å². The van der Waals surface area contributed by atoms with Gasteiger partial charge in [-0.1, -0.05) is 32.6 Å². The maximum atomic E-state index is 6.67. The first kappa shape index (κ1) is 15.2. The SMILES string of the molecule is CCCc1cc(OC)c(C2(N)CCCCC2)cc1OC. The summed E-state index contributed by atoms with van der Waals surface area (Å²) in [6.07, 6.45) is 7.81. The van der Waals surface area contributed by atoms with E-state index in [1.54, 1.807) is 14.2 Å². The Morgan fingerprint density at radius 1 is 1.05 bits per heavy atom. The van der Waals surface area contributed by atoms with Crippen LogP contribution in [-0.4, -0.2) is 14.2 Å². The first-order chi connectivity index (χ1) is 9.64. The van der Waals surface area contributed by atoms with Crippen molar-refractivity contribution in [3.63, 3.8) is 0 Å². The zero-order valence-electron chi connectivity index (χ0n) is 13.0. The fraction of sp³-hybridized carbons (Fsp3) is 0.647. The van der Waals surface area contributed by atoms with E-state index in [1.807, 2.05) is 0 Å². The molecule has 0 spiro atoms. The molecule has 1 aromatic rings. The highest BCUT2D eigenvalue weighted by Crippen LogP contribution is 2.42. The van der Waals surface area contributed by atoms with Gasteiger partial charge >= 0.3 is 0 Å². The summed E-state index contributed by atoms with van der Waals surface area (Å²) < 4.78 is 11.2. The van der Waals surface area contributed by atoms with E-state index in [9.17, 15) is 0 Å². The number of hydrogen-bond donors (Lipinski definition) is 1. The van der Waals surface area contributed by atoms with Crippen LogP contribution in [0.4, 0.5) is 0 Å². The molecular weight excluding hydrogens is 250 g/mol. The normalized spacial score (nSPS) is 17.8. The van der Waals surface area contributed by atoms with Gasteiger partial charge in [0.15, 0.2) is 0 Å². The molecule has 1 aromatic carbocycles. The van der Waals surface area contributed by atoms with E-state index in [2.05, 4.69) is 19.1 Å². The van der Waals surface area contributed by atoms with E-state index < -0.39 is 0 Å². The molecule has 0 heterocycles. The van der Waals surface area contributed by atoms with Crippen LogP contribution in [0.1, 0.15) is 56.6 Å². The lowest BCUT2D eigenvalue weighted by Gasteiger charge is -2.35. The van der Waals surface area contributed by atoms with E-state index >= 15 is 0 Å².